The molecule has 0 bridgehead atoms. The van der Waals surface area contributed by atoms with E-state index in [1.54, 1.807) is 0 Å². The third kappa shape index (κ3) is 4.01. The number of ether oxygens (including phenoxy) is 1. The van der Waals surface area contributed by atoms with E-state index in [1.165, 1.54) is 6.92 Å². The molecule has 0 radical (unpaired) electrons. The molecule has 0 amide bonds. The first kappa shape index (κ1) is 13.3. The van der Waals surface area contributed by atoms with Gasteiger partial charge in [0.25, 0.3) is 0 Å². The van der Waals surface area contributed by atoms with E-state index in [0.29, 0.717) is 0 Å². The maximum Gasteiger partial charge on any atom is 0.338 e. The van der Waals surface area contributed by atoms with Crippen LogP contribution < -0.4 is 0 Å². The maximum absolute atomic E-state index is 10.8. The minimum absolute atomic E-state index is 0.150. The van der Waals surface area contributed by atoms with Gasteiger partial charge < -0.3 is 14.9 Å². The molecule has 0 heterocycles. The van der Waals surface area contributed by atoms with Crippen molar-refractivity contribution in [2.75, 3.05) is 6.61 Å². The average Bonchev–Trinajstić information content (AvgIpc) is 2.10. The van der Waals surface area contributed by atoms with E-state index < -0.39 is 34.2 Å². The molecule has 7 nitrogen and oxygen atoms in total. The van der Waals surface area contributed by atoms with Gasteiger partial charge in [0, 0.05) is 0 Å². The van der Waals surface area contributed by atoms with Crippen LogP contribution in [0.15, 0.2) is 0 Å². The summed E-state index contributed by atoms with van der Waals surface area (Å²) in [5, 5.41) is 17.1. The van der Waals surface area contributed by atoms with Crippen molar-refractivity contribution in [1.29, 1.82) is 0 Å². The topological polar surface area (TPSA) is 121 Å². The van der Waals surface area contributed by atoms with Crippen molar-refractivity contribution in [1.82, 2.24) is 0 Å². The van der Waals surface area contributed by atoms with Gasteiger partial charge in [0.2, 0.25) is 5.44 Å². The second-order valence-corrected chi connectivity index (χ2v) is 4.04. The van der Waals surface area contributed by atoms with Crippen LogP contribution in [-0.2, 0) is 19.6 Å². The fourth-order valence-corrected chi connectivity index (χ4v) is 1.28. The molecular weight excluding hydrogens is 216 g/mol. The molecule has 0 saturated carbocycles. The van der Waals surface area contributed by atoms with Crippen molar-refractivity contribution in [2.24, 2.45) is 0 Å². The zero-order valence-corrected chi connectivity index (χ0v) is 8.27. The molecule has 0 aromatic heterocycles. The number of carbonyl (C=O) groups is 1. The smallest absolute Gasteiger partial charge is 0.338 e. The van der Waals surface area contributed by atoms with Crippen molar-refractivity contribution in [3.8, 4) is 0 Å². The number of hydrogen-bond acceptors (Lipinski definition) is 6. The molecule has 2 atom stereocenters. The predicted molar refractivity (Wildman–Crippen MR) is 44.8 cm³/mol. The van der Waals surface area contributed by atoms with Crippen LogP contribution in [0.3, 0.4) is 0 Å². The molecular formula is C6H12O7S. The molecule has 0 aliphatic carbocycles. The van der Waals surface area contributed by atoms with Crippen LogP contribution in [0.25, 0.3) is 0 Å². The molecule has 0 spiro atoms. The molecule has 3 N–H and O–H groups in total. The molecule has 8 heteroatoms. The summed E-state index contributed by atoms with van der Waals surface area (Å²) in [6.07, 6.45) is -1.95. The molecule has 0 aromatic carbocycles. The van der Waals surface area contributed by atoms with Gasteiger partial charge in [-0.25, -0.2) is 4.79 Å². The minimum Gasteiger partial charge on any atom is -0.441 e. The summed E-state index contributed by atoms with van der Waals surface area (Å²) in [6.45, 7) is 0.498. The Bertz CT molecular complexity index is 283. The Kier molecular flexibility index (Phi) is 4.99. The van der Waals surface area contributed by atoms with Gasteiger partial charge in [0.1, 0.15) is 0 Å². The van der Waals surface area contributed by atoms with Crippen LogP contribution in [0.2, 0.25) is 0 Å². The molecule has 0 fully saturated rings. The Balaban J connectivity index is 4.42. The van der Waals surface area contributed by atoms with Gasteiger partial charge in [-0.1, -0.05) is 6.92 Å². The van der Waals surface area contributed by atoms with E-state index in [1.807, 2.05) is 0 Å². The molecule has 0 saturated heterocycles. The fraction of sp³-hybridized carbons (Fsp3) is 0.833. The van der Waals surface area contributed by atoms with Crippen molar-refractivity contribution < 1.29 is 32.7 Å². The van der Waals surface area contributed by atoms with E-state index >= 15 is 0 Å². The van der Waals surface area contributed by atoms with Crippen LogP contribution in [0.5, 0.6) is 0 Å². The predicted octanol–water partition coefficient (Wildman–Crippen LogP) is -1.49. The molecule has 0 aromatic rings. The van der Waals surface area contributed by atoms with Gasteiger partial charge in [0.05, 0.1) is 6.61 Å². The highest BCUT2D eigenvalue weighted by Crippen LogP contribution is 2.07. The Hall–Kier alpha value is -0.700. The van der Waals surface area contributed by atoms with Gasteiger partial charge in [-0.3, -0.25) is 4.55 Å². The Morgan fingerprint density at radius 2 is 2.00 bits per heavy atom. The normalized spacial score (nSPS) is 16.0. The third-order valence-corrected chi connectivity index (χ3v) is 2.45. The second-order valence-electron chi connectivity index (χ2n) is 2.49. The highest BCUT2D eigenvalue weighted by atomic mass is 32.2. The van der Waals surface area contributed by atoms with Crippen molar-refractivity contribution in [3.05, 3.63) is 0 Å². The van der Waals surface area contributed by atoms with E-state index in [-0.39, 0.29) is 6.42 Å². The number of esters is 1. The van der Waals surface area contributed by atoms with Gasteiger partial charge in [-0.05, 0) is 6.42 Å². The summed E-state index contributed by atoms with van der Waals surface area (Å²) >= 11 is 0. The van der Waals surface area contributed by atoms with Crippen LogP contribution in [-0.4, -0.2) is 47.3 Å². The van der Waals surface area contributed by atoms with E-state index in [4.69, 9.17) is 14.8 Å². The monoisotopic (exact) mass is 228 g/mol. The van der Waals surface area contributed by atoms with Crippen molar-refractivity contribution >= 4 is 16.1 Å². The SMILES string of the molecule is CCC(OC(=O)C(O)CO)S(=O)(=O)O. The first-order chi connectivity index (χ1) is 6.32. The van der Waals surface area contributed by atoms with Gasteiger partial charge in [-0.2, -0.15) is 8.42 Å². The van der Waals surface area contributed by atoms with Crippen LogP contribution in [0.4, 0.5) is 0 Å². The van der Waals surface area contributed by atoms with E-state index in [9.17, 15) is 13.2 Å². The number of carbonyl (C=O) groups excluding carboxylic acids is 1. The van der Waals surface area contributed by atoms with Crippen LogP contribution >= 0.6 is 0 Å². The number of hydrogen-bond donors (Lipinski definition) is 3. The quantitative estimate of drug-likeness (QED) is 0.387. The number of rotatable bonds is 5. The first-order valence-corrected chi connectivity index (χ1v) is 5.29. The lowest BCUT2D eigenvalue weighted by molar-refractivity contribution is -0.157. The first-order valence-electron chi connectivity index (χ1n) is 3.78. The van der Waals surface area contributed by atoms with Gasteiger partial charge in [-0.15, -0.1) is 0 Å². The van der Waals surface area contributed by atoms with E-state index in [0.717, 1.165) is 0 Å². The summed E-state index contributed by atoms with van der Waals surface area (Å²) in [6, 6.07) is 0. The molecule has 0 aliphatic rings. The highest BCUT2D eigenvalue weighted by Gasteiger charge is 2.27. The third-order valence-electron chi connectivity index (χ3n) is 1.36. The van der Waals surface area contributed by atoms with Gasteiger partial charge in [0.15, 0.2) is 6.10 Å². The summed E-state index contributed by atoms with van der Waals surface area (Å²) in [4.78, 5) is 10.8. The average molecular weight is 228 g/mol. The summed E-state index contributed by atoms with van der Waals surface area (Å²) < 4.78 is 33.8. The van der Waals surface area contributed by atoms with Gasteiger partial charge >= 0.3 is 16.1 Å². The largest absolute Gasteiger partial charge is 0.441 e. The molecule has 0 aliphatic heterocycles. The molecule has 0 rings (SSSR count). The van der Waals surface area contributed by atoms with Crippen LogP contribution in [0.1, 0.15) is 13.3 Å². The Labute approximate surface area is 81.1 Å². The standard InChI is InChI=1S/C6H12O7S/c1-2-5(14(10,11)12)13-6(9)4(8)3-7/h4-5,7-8H,2-3H2,1H3,(H,10,11,12). The molecule has 2 unspecified atom stereocenters. The number of aliphatic hydroxyl groups excluding tert-OH is 2. The Morgan fingerprint density at radius 1 is 1.50 bits per heavy atom. The highest BCUT2D eigenvalue weighted by molar-refractivity contribution is 7.86. The lowest BCUT2D eigenvalue weighted by Gasteiger charge is -2.14. The fourth-order valence-electron chi connectivity index (χ4n) is 0.637. The summed E-state index contributed by atoms with van der Waals surface area (Å²) in [5.41, 5.74) is -1.71. The Morgan fingerprint density at radius 3 is 2.29 bits per heavy atom. The lowest BCUT2D eigenvalue weighted by Crippen LogP contribution is -2.33. The maximum atomic E-state index is 10.8. The molecule has 14 heavy (non-hydrogen) atoms. The molecule has 84 valence electrons. The zero-order chi connectivity index (χ0) is 11.4. The lowest BCUT2D eigenvalue weighted by atomic mass is 10.4. The van der Waals surface area contributed by atoms with Crippen molar-refractivity contribution in [2.45, 2.75) is 24.9 Å². The van der Waals surface area contributed by atoms with Crippen molar-refractivity contribution in [3.63, 3.8) is 0 Å². The van der Waals surface area contributed by atoms with E-state index in [2.05, 4.69) is 4.74 Å². The zero-order valence-electron chi connectivity index (χ0n) is 7.45. The second kappa shape index (κ2) is 5.25. The minimum atomic E-state index is -4.49. The summed E-state index contributed by atoms with van der Waals surface area (Å²) in [5.74, 6) is -1.29. The number of aliphatic hydroxyl groups is 2. The summed E-state index contributed by atoms with van der Waals surface area (Å²) in [7, 11) is -4.49. The van der Waals surface area contributed by atoms with Crippen LogP contribution in [0, 0.1) is 0 Å².